The predicted molar refractivity (Wildman–Crippen MR) is 124 cm³/mol. The summed E-state index contributed by atoms with van der Waals surface area (Å²) in [5.41, 5.74) is 4.14. The van der Waals surface area contributed by atoms with E-state index in [0.717, 1.165) is 38.4 Å². The Hall–Kier alpha value is -3.20. The molecule has 0 unspecified atom stereocenters. The van der Waals surface area contributed by atoms with Crippen LogP contribution in [0.25, 0.3) is 44.1 Å². The van der Waals surface area contributed by atoms with Crippen LogP contribution in [0, 0.1) is 19.7 Å². The summed E-state index contributed by atoms with van der Waals surface area (Å²) < 4.78 is 48.8. The number of aromatic nitrogens is 2. The molecule has 30 heavy (non-hydrogen) atoms. The van der Waals surface area contributed by atoms with Gasteiger partial charge in [0.05, 0.1) is 5.56 Å². The third-order valence-electron chi connectivity index (χ3n) is 5.62. The van der Waals surface area contributed by atoms with Crippen LogP contribution in [0.2, 0.25) is 0 Å². The van der Waals surface area contributed by atoms with Crippen LogP contribution >= 0.6 is 0 Å². The molecule has 0 radical (unpaired) electrons. The van der Waals surface area contributed by atoms with Crippen LogP contribution in [-0.2, 0) is 13.4 Å². The normalized spacial score (nSPS) is 15.3. The predicted octanol–water partition coefficient (Wildman–Crippen LogP) is 6.44. The standard InChI is InChI=1S/C27H27N2O/c1-16(2)14-19-12-13-29(5)23(15-19)24-18(4)20-8-6-7-9-21(20)25-22-11-10-17(3)28-27(22)30-26(24)25/h6-13,15-16H,14H2,1-5H3/q+1/i3D3,14D2. The second kappa shape index (κ2) is 6.94. The number of hydrogen-bond acceptors (Lipinski definition) is 2. The fourth-order valence-corrected chi connectivity index (χ4v) is 4.30. The van der Waals surface area contributed by atoms with Crippen molar-refractivity contribution < 1.29 is 15.8 Å². The number of furan rings is 1. The van der Waals surface area contributed by atoms with Gasteiger partial charge >= 0.3 is 0 Å². The van der Waals surface area contributed by atoms with Crippen LogP contribution in [0.15, 0.2) is 59.1 Å². The first-order valence-electron chi connectivity index (χ1n) is 12.7. The molecule has 0 aliphatic heterocycles. The lowest BCUT2D eigenvalue weighted by molar-refractivity contribution is -0.660. The van der Waals surface area contributed by atoms with Crippen LogP contribution in [0.5, 0.6) is 0 Å². The van der Waals surface area contributed by atoms with Gasteiger partial charge in [-0.05, 0) is 60.1 Å². The average Bonchev–Trinajstić information content (AvgIpc) is 3.18. The molecular formula is C27H27N2O+. The van der Waals surface area contributed by atoms with E-state index in [1.807, 2.05) is 68.9 Å². The molecule has 0 fully saturated rings. The minimum absolute atomic E-state index is 0.00989. The van der Waals surface area contributed by atoms with E-state index in [-0.39, 0.29) is 17.3 Å². The summed E-state index contributed by atoms with van der Waals surface area (Å²) in [5.74, 6) is -0.200. The van der Waals surface area contributed by atoms with Gasteiger partial charge in [0.1, 0.15) is 7.05 Å². The Kier molecular flexibility index (Phi) is 3.22. The highest BCUT2D eigenvalue weighted by Crippen LogP contribution is 2.42. The van der Waals surface area contributed by atoms with Crippen molar-refractivity contribution in [3.8, 4) is 11.3 Å². The minimum atomic E-state index is -2.34. The van der Waals surface area contributed by atoms with Crippen molar-refractivity contribution >= 4 is 32.8 Å². The molecule has 150 valence electrons. The second-order valence-electron chi connectivity index (χ2n) is 8.11. The van der Waals surface area contributed by atoms with Crippen LogP contribution in [0.4, 0.5) is 0 Å². The van der Waals surface area contributed by atoms with E-state index in [0.29, 0.717) is 11.1 Å². The molecule has 0 amide bonds. The van der Waals surface area contributed by atoms with Crippen LogP contribution in [-0.4, -0.2) is 4.98 Å². The monoisotopic (exact) mass is 400 g/mol. The first-order chi connectivity index (χ1) is 16.4. The number of nitrogens with zero attached hydrogens (tertiary/aromatic N) is 2. The first kappa shape index (κ1) is 13.9. The molecule has 5 aromatic rings. The number of rotatable bonds is 3. The van der Waals surface area contributed by atoms with Gasteiger partial charge in [0.2, 0.25) is 11.4 Å². The van der Waals surface area contributed by atoms with Gasteiger partial charge in [0.15, 0.2) is 11.8 Å². The van der Waals surface area contributed by atoms with Gasteiger partial charge in [-0.1, -0.05) is 38.1 Å². The van der Waals surface area contributed by atoms with Crippen molar-refractivity contribution in [2.45, 2.75) is 34.0 Å². The maximum atomic E-state index is 8.64. The van der Waals surface area contributed by atoms with Crippen molar-refractivity contribution in [2.24, 2.45) is 13.0 Å². The van der Waals surface area contributed by atoms with Gasteiger partial charge in [-0.25, -0.2) is 9.55 Å². The molecule has 0 bridgehead atoms. The molecule has 0 N–H and O–H groups in total. The quantitative estimate of drug-likeness (QED) is 0.326. The Morgan fingerprint density at radius 2 is 1.90 bits per heavy atom. The largest absolute Gasteiger partial charge is 0.437 e. The maximum Gasteiger partial charge on any atom is 0.227 e. The van der Waals surface area contributed by atoms with E-state index in [9.17, 15) is 0 Å². The summed E-state index contributed by atoms with van der Waals surface area (Å²) >= 11 is 0. The van der Waals surface area contributed by atoms with Gasteiger partial charge in [0, 0.05) is 35.5 Å². The summed E-state index contributed by atoms with van der Waals surface area (Å²) in [5, 5.41) is 3.68. The number of pyridine rings is 2. The molecule has 0 saturated carbocycles. The molecule has 3 heteroatoms. The smallest absolute Gasteiger partial charge is 0.227 e. The Morgan fingerprint density at radius 1 is 1.10 bits per heavy atom. The van der Waals surface area contributed by atoms with E-state index in [1.54, 1.807) is 6.07 Å². The van der Waals surface area contributed by atoms with Gasteiger partial charge in [-0.15, -0.1) is 0 Å². The van der Waals surface area contributed by atoms with Crippen LogP contribution < -0.4 is 4.57 Å². The molecule has 3 heterocycles. The molecule has 0 spiro atoms. The zero-order valence-corrected chi connectivity index (χ0v) is 17.6. The highest BCUT2D eigenvalue weighted by Gasteiger charge is 2.24. The number of benzene rings is 2. The van der Waals surface area contributed by atoms with Crippen LogP contribution in [0.1, 0.15) is 37.5 Å². The molecule has 5 rings (SSSR count). The fraction of sp³-hybridized carbons (Fsp3) is 0.259. The first-order valence-corrected chi connectivity index (χ1v) is 10.2. The van der Waals surface area contributed by atoms with Crippen molar-refractivity contribution in [3.05, 3.63) is 71.5 Å². The Labute approximate surface area is 184 Å². The molecule has 2 aromatic carbocycles. The highest BCUT2D eigenvalue weighted by molar-refractivity contribution is 6.22. The minimum Gasteiger partial charge on any atom is -0.437 e. The van der Waals surface area contributed by atoms with Crippen molar-refractivity contribution in [1.29, 1.82) is 0 Å². The molecule has 3 nitrogen and oxygen atoms in total. The lowest BCUT2D eigenvalue weighted by atomic mass is 9.92. The maximum absolute atomic E-state index is 8.64. The summed E-state index contributed by atoms with van der Waals surface area (Å²) in [6.45, 7) is 3.45. The van der Waals surface area contributed by atoms with Gasteiger partial charge < -0.3 is 4.42 Å². The second-order valence-corrected chi connectivity index (χ2v) is 8.11. The Bertz CT molecular complexity index is 1620. The van der Waals surface area contributed by atoms with Gasteiger partial charge in [0.25, 0.3) is 0 Å². The topological polar surface area (TPSA) is 29.9 Å². The summed E-state index contributed by atoms with van der Waals surface area (Å²) in [4.78, 5) is 4.36. The molecule has 0 aliphatic carbocycles. The molecule has 0 aliphatic rings. The zero-order chi connectivity index (χ0) is 25.3. The van der Waals surface area contributed by atoms with E-state index in [1.165, 1.54) is 6.07 Å². The van der Waals surface area contributed by atoms with Crippen molar-refractivity contribution in [3.63, 3.8) is 0 Å². The van der Waals surface area contributed by atoms with E-state index in [2.05, 4.69) is 11.1 Å². The third-order valence-corrected chi connectivity index (χ3v) is 5.62. The molecular weight excluding hydrogens is 368 g/mol. The van der Waals surface area contributed by atoms with E-state index >= 15 is 0 Å². The van der Waals surface area contributed by atoms with E-state index < -0.39 is 13.2 Å². The van der Waals surface area contributed by atoms with E-state index in [4.69, 9.17) is 11.3 Å². The number of hydrogen-bond donors (Lipinski definition) is 0. The summed E-state index contributed by atoms with van der Waals surface area (Å²) in [6.07, 6.45) is 0.371. The average molecular weight is 401 g/mol. The van der Waals surface area contributed by atoms with Crippen molar-refractivity contribution in [1.82, 2.24) is 4.98 Å². The fourth-order valence-electron chi connectivity index (χ4n) is 4.30. The van der Waals surface area contributed by atoms with Gasteiger partial charge in [-0.3, -0.25) is 0 Å². The Morgan fingerprint density at radius 3 is 2.67 bits per heavy atom. The Balaban J connectivity index is 1.93. The third kappa shape index (κ3) is 2.88. The lowest BCUT2D eigenvalue weighted by Gasteiger charge is -2.12. The van der Waals surface area contributed by atoms with Crippen molar-refractivity contribution in [2.75, 3.05) is 0 Å². The summed E-state index contributed by atoms with van der Waals surface area (Å²) in [6, 6.07) is 15.1. The van der Waals surface area contributed by atoms with Crippen LogP contribution in [0.3, 0.4) is 0 Å². The zero-order valence-electron chi connectivity index (χ0n) is 22.6. The molecule has 3 aromatic heterocycles. The SMILES string of the molecule is [2H]C([2H])([2H])c1ccc2c(n1)oc1c(-c3cc(C([2H])([2H])C(C)C)cc[n+]3C)c(C)c3ccccc3c12. The molecule has 0 atom stereocenters. The lowest BCUT2D eigenvalue weighted by Crippen LogP contribution is -2.31. The number of fused-ring (bicyclic) bond motifs is 5. The van der Waals surface area contributed by atoms with Gasteiger partial charge in [-0.2, -0.15) is 0 Å². The molecule has 0 saturated heterocycles. The number of aryl methyl sites for hydroxylation is 3. The summed E-state index contributed by atoms with van der Waals surface area (Å²) in [7, 11) is 1.93. The highest BCUT2D eigenvalue weighted by atomic mass is 16.3.